The maximum Gasteiger partial charge on any atom is 0.335 e. The van der Waals surface area contributed by atoms with E-state index in [0.29, 0.717) is 13.2 Å². The van der Waals surface area contributed by atoms with Crippen molar-refractivity contribution in [3.63, 3.8) is 0 Å². The van der Waals surface area contributed by atoms with E-state index in [1.165, 1.54) is 5.56 Å². The molecule has 1 aliphatic rings. The van der Waals surface area contributed by atoms with Gasteiger partial charge >= 0.3 is 5.97 Å². The molecule has 0 spiro atoms. The highest BCUT2D eigenvalue weighted by atomic mass is 16.6. The van der Waals surface area contributed by atoms with Crippen LogP contribution >= 0.6 is 0 Å². The van der Waals surface area contributed by atoms with Crippen LogP contribution in [0.1, 0.15) is 37.8 Å². The average molecular weight is 363 g/mol. The second-order valence-electron chi connectivity index (χ2n) is 6.64. The van der Waals surface area contributed by atoms with E-state index in [1.54, 1.807) is 18.9 Å². The number of esters is 1. The maximum atomic E-state index is 12.2. The van der Waals surface area contributed by atoms with E-state index >= 15 is 0 Å². The number of ether oxygens (including phenoxy) is 3. The van der Waals surface area contributed by atoms with Crippen molar-refractivity contribution in [2.24, 2.45) is 0 Å². The molecule has 6 nitrogen and oxygen atoms in total. The van der Waals surface area contributed by atoms with Crippen molar-refractivity contribution >= 4 is 11.9 Å². The Bertz CT molecular complexity index is 580. The highest BCUT2D eigenvalue weighted by Gasteiger charge is 2.22. The van der Waals surface area contributed by atoms with Crippen molar-refractivity contribution in [3.05, 3.63) is 35.4 Å². The third-order valence-corrected chi connectivity index (χ3v) is 4.50. The Labute approximate surface area is 155 Å². The topological polar surface area (TPSA) is 65.1 Å². The van der Waals surface area contributed by atoms with Crippen molar-refractivity contribution in [1.82, 2.24) is 4.90 Å². The van der Waals surface area contributed by atoms with E-state index in [4.69, 9.17) is 14.2 Å². The van der Waals surface area contributed by atoms with Crippen molar-refractivity contribution in [2.75, 3.05) is 26.9 Å². The molecule has 2 unspecified atom stereocenters. The fraction of sp³-hybridized carbons (Fsp3) is 0.600. The molecular weight excluding hydrogens is 334 g/mol. The molecule has 0 aliphatic carbocycles. The minimum absolute atomic E-state index is 0.0529. The number of hydrogen-bond donors (Lipinski definition) is 0. The molecule has 0 radical (unpaired) electrons. The van der Waals surface area contributed by atoms with Crippen LogP contribution in [0.25, 0.3) is 0 Å². The lowest BCUT2D eigenvalue weighted by molar-refractivity contribution is -0.162. The SMILES string of the molecule is CCc1ccc(CN(C)C(=O)COC(=O)C(C)OCC2CCCO2)cc1. The highest BCUT2D eigenvalue weighted by Crippen LogP contribution is 2.13. The predicted octanol–water partition coefficient (Wildman–Crippen LogP) is 2.33. The first-order valence-corrected chi connectivity index (χ1v) is 9.21. The highest BCUT2D eigenvalue weighted by molar-refractivity contribution is 5.81. The molecule has 2 atom stereocenters. The van der Waals surface area contributed by atoms with Gasteiger partial charge in [-0.15, -0.1) is 0 Å². The fourth-order valence-corrected chi connectivity index (χ4v) is 2.70. The summed E-state index contributed by atoms with van der Waals surface area (Å²) in [5.41, 5.74) is 2.30. The van der Waals surface area contributed by atoms with Gasteiger partial charge in [-0.2, -0.15) is 0 Å². The normalized spacial score (nSPS) is 17.7. The third-order valence-electron chi connectivity index (χ3n) is 4.50. The zero-order valence-electron chi connectivity index (χ0n) is 15.9. The lowest BCUT2D eigenvalue weighted by Crippen LogP contribution is -2.33. The Morgan fingerprint density at radius 2 is 1.96 bits per heavy atom. The van der Waals surface area contributed by atoms with E-state index in [0.717, 1.165) is 31.4 Å². The molecule has 0 N–H and O–H groups in total. The van der Waals surface area contributed by atoms with Crippen LogP contribution in [-0.2, 0) is 36.8 Å². The second-order valence-corrected chi connectivity index (χ2v) is 6.64. The quantitative estimate of drug-likeness (QED) is 0.630. The fourth-order valence-electron chi connectivity index (χ4n) is 2.70. The molecular formula is C20H29NO5. The van der Waals surface area contributed by atoms with Gasteiger partial charge in [0.05, 0.1) is 12.7 Å². The summed E-state index contributed by atoms with van der Waals surface area (Å²) in [6.45, 7) is 5.04. The van der Waals surface area contributed by atoms with Gasteiger partial charge in [-0.25, -0.2) is 4.79 Å². The van der Waals surface area contributed by atoms with Gasteiger partial charge in [0.2, 0.25) is 0 Å². The van der Waals surface area contributed by atoms with Gasteiger partial charge in [-0.1, -0.05) is 31.2 Å². The standard InChI is InChI=1S/C20H29NO5/c1-4-16-7-9-17(10-8-16)12-21(3)19(22)14-26-20(23)15(2)25-13-18-6-5-11-24-18/h7-10,15,18H,4-6,11-14H2,1-3H3. The molecule has 0 aromatic heterocycles. The van der Waals surface area contributed by atoms with Crippen LogP contribution in [0.5, 0.6) is 0 Å². The van der Waals surface area contributed by atoms with Crippen LogP contribution in [0.2, 0.25) is 0 Å². The maximum absolute atomic E-state index is 12.2. The minimum atomic E-state index is -0.709. The minimum Gasteiger partial charge on any atom is -0.454 e. The van der Waals surface area contributed by atoms with E-state index < -0.39 is 12.1 Å². The molecule has 1 fully saturated rings. The Hall–Kier alpha value is -1.92. The first-order valence-electron chi connectivity index (χ1n) is 9.21. The summed E-state index contributed by atoms with van der Waals surface area (Å²) in [6, 6.07) is 8.13. The lowest BCUT2D eigenvalue weighted by Gasteiger charge is -2.19. The van der Waals surface area contributed by atoms with Gasteiger partial charge in [0.1, 0.15) is 0 Å². The van der Waals surface area contributed by atoms with Crippen LogP contribution in [0.15, 0.2) is 24.3 Å². The summed E-state index contributed by atoms with van der Waals surface area (Å²) in [7, 11) is 1.70. The van der Waals surface area contributed by atoms with Crippen LogP contribution in [0, 0.1) is 0 Å². The molecule has 0 bridgehead atoms. The van der Waals surface area contributed by atoms with Crippen LogP contribution < -0.4 is 0 Å². The summed E-state index contributed by atoms with van der Waals surface area (Å²) < 4.78 is 16.0. The van der Waals surface area contributed by atoms with E-state index in [-0.39, 0.29) is 18.6 Å². The molecule has 6 heteroatoms. The monoisotopic (exact) mass is 363 g/mol. The number of nitrogens with zero attached hydrogens (tertiary/aromatic N) is 1. The van der Waals surface area contributed by atoms with E-state index in [9.17, 15) is 9.59 Å². The van der Waals surface area contributed by atoms with Crippen LogP contribution in [-0.4, -0.2) is 55.9 Å². The Balaban J connectivity index is 1.69. The Kier molecular flexibility index (Phi) is 8.06. The number of carbonyl (C=O) groups is 2. The molecule has 144 valence electrons. The zero-order chi connectivity index (χ0) is 18.9. The summed E-state index contributed by atoms with van der Waals surface area (Å²) in [5.74, 6) is -0.777. The molecule has 1 aliphatic heterocycles. The van der Waals surface area contributed by atoms with Gasteiger partial charge in [0.15, 0.2) is 12.7 Å². The van der Waals surface area contributed by atoms with Crippen molar-refractivity contribution in [3.8, 4) is 0 Å². The number of benzene rings is 1. The molecule has 1 heterocycles. The first-order chi connectivity index (χ1) is 12.5. The van der Waals surface area contributed by atoms with Gasteiger partial charge < -0.3 is 19.1 Å². The third kappa shape index (κ3) is 6.42. The largest absolute Gasteiger partial charge is 0.454 e. The molecule has 1 amide bonds. The summed E-state index contributed by atoms with van der Waals surface area (Å²) in [6.07, 6.45) is 2.30. The van der Waals surface area contributed by atoms with Crippen molar-refractivity contribution < 1.29 is 23.8 Å². The van der Waals surface area contributed by atoms with E-state index in [1.807, 2.05) is 12.1 Å². The number of likely N-dealkylation sites (N-methyl/N-ethyl adjacent to an activating group) is 1. The molecule has 2 rings (SSSR count). The molecule has 0 saturated carbocycles. The summed E-state index contributed by atoms with van der Waals surface area (Å²) >= 11 is 0. The predicted molar refractivity (Wildman–Crippen MR) is 97.6 cm³/mol. The van der Waals surface area contributed by atoms with Gasteiger partial charge in [0, 0.05) is 20.2 Å². The number of rotatable bonds is 9. The molecule has 1 aromatic carbocycles. The Morgan fingerprint density at radius 3 is 2.58 bits per heavy atom. The summed E-state index contributed by atoms with van der Waals surface area (Å²) in [5, 5.41) is 0. The van der Waals surface area contributed by atoms with E-state index in [2.05, 4.69) is 19.1 Å². The summed E-state index contributed by atoms with van der Waals surface area (Å²) in [4.78, 5) is 25.6. The molecule has 1 aromatic rings. The number of amides is 1. The van der Waals surface area contributed by atoms with Gasteiger partial charge in [-0.05, 0) is 37.3 Å². The second kappa shape index (κ2) is 10.3. The Morgan fingerprint density at radius 1 is 1.27 bits per heavy atom. The van der Waals surface area contributed by atoms with Crippen LogP contribution in [0.4, 0.5) is 0 Å². The smallest absolute Gasteiger partial charge is 0.335 e. The van der Waals surface area contributed by atoms with Crippen molar-refractivity contribution in [2.45, 2.75) is 51.9 Å². The van der Waals surface area contributed by atoms with Gasteiger partial charge in [-0.3, -0.25) is 4.79 Å². The molecule has 1 saturated heterocycles. The number of carbonyl (C=O) groups excluding carboxylic acids is 2. The number of hydrogen-bond acceptors (Lipinski definition) is 5. The number of aryl methyl sites for hydroxylation is 1. The van der Waals surface area contributed by atoms with Crippen LogP contribution in [0.3, 0.4) is 0 Å². The first kappa shape index (κ1) is 20.4. The van der Waals surface area contributed by atoms with Gasteiger partial charge in [0.25, 0.3) is 5.91 Å². The molecule has 26 heavy (non-hydrogen) atoms. The lowest BCUT2D eigenvalue weighted by atomic mass is 10.1. The zero-order valence-corrected chi connectivity index (χ0v) is 15.9. The average Bonchev–Trinajstić information content (AvgIpc) is 3.18. The van der Waals surface area contributed by atoms with Crippen molar-refractivity contribution in [1.29, 1.82) is 0 Å².